The summed E-state index contributed by atoms with van der Waals surface area (Å²) in [6.07, 6.45) is -1.23. The van der Waals surface area contributed by atoms with Crippen LogP contribution in [0.3, 0.4) is 0 Å². The van der Waals surface area contributed by atoms with Gasteiger partial charge in [0.15, 0.2) is 0 Å². The molecule has 0 aliphatic rings. The molecule has 3 unspecified atom stereocenters. The molecule has 13 heteroatoms. The van der Waals surface area contributed by atoms with Crippen molar-refractivity contribution in [2.75, 3.05) is 6.54 Å². The monoisotopic (exact) mass is 402 g/mol. The van der Waals surface area contributed by atoms with Gasteiger partial charge in [-0.05, 0) is 5.92 Å². The zero-order valence-corrected chi connectivity index (χ0v) is 15.6. The van der Waals surface area contributed by atoms with Crippen LogP contribution in [-0.4, -0.2) is 65.3 Å². The fourth-order valence-corrected chi connectivity index (χ4v) is 1.95. The van der Waals surface area contributed by atoms with Gasteiger partial charge in [0.25, 0.3) is 0 Å². The van der Waals surface area contributed by atoms with Crippen molar-refractivity contribution in [3.63, 3.8) is 0 Å². The van der Waals surface area contributed by atoms with E-state index in [1.165, 1.54) is 0 Å². The molecular weight excluding hydrogens is 376 g/mol. The standard InChI is InChI=1S/C15H26N6O7/c1-6(2)12(18)15(28)21-8(4-10(17)23)14(27)20-7(3-9(16)22)13(26)19-5-11(24)25/h6-8,12H,3-5,18H2,1-2H3,(H2,16,22)(H2,17,23)(H,19,26)(H,20,27)(H,21,28)(H,24,25). The smallest absolute Gasteiger partial charge is 0.322 e. The zero-order chi connectivity index (χ0) is 22.0. The third-order valence-electron chi connectivity index (χ3n) is 3.51. The lowest BCUT2D eigenvalue weighted by atomic mass is 10.0. The van der Waals surface area contributed by atoms with E-state index in [4.69, 9.17) is 22.3 Å². The molecule has 5 amide bonds. The Morgan fingerprint density at radius 3 is 1.64 bits per heavy atom. The molecular formula is C15H26N6O7. The molecule has 0 aliphatic carbocycles. The molecule has 0 radical (unpaired) electrons. The topological polar surface area (TPSA) is 237 Å². The second-order valence-electron chi connectivity index (χ2n) is 6.34. The van der Waals surface area contributed by atoms with E-state index < -0.39 is 73.0 Å². The van der Waals surface area contributed by atoms with Crippen molar-refractivity contribution >= 4 is 35.5 Å². The normalized spacial score (nSPS) is 13.7. The average molecular weight is 402 g/mol. The maximum absolute atomic E-state index is 12.4. The summed E-state index contributed by atoms with van der Waals surface area (Å²) in [5.41, 5.74) is 15.8. The molecule has 0 rings (SSSR count). The van der Waals surface area contributed by atoms with E-state index in [-0.39, 0.29) is 5.92 Å². The van der Waals surface area contributed by atoms with Crippen molar-refractivity contribution in [2.24, 2.45) is 23.1 Å². The third-order valence-corrected chi connectivity index (χ3v) is 3.51. The molecule has 0 aliphatic heterocycles. The highest BCUT2D eigenvalue weighted by molar-refractivity contribution is 5.97. The number of carbonyl (C=O) groups is 6. The summed E-state index contributed by atoms with van der Waals surface area (Å²) in [5.74, 6) is -6.19. The fraction of sp³-hybridized carbons (Fsp3) is 0.600. The Hall–Kier alpha value is -3.22. The Bertz CT molecular complexity index is 636. The van der Waals surface area contributed by atoms with Crippen LogP contribution >= 0.6 is 0 Å². The Labute approximate surface area is 160 Å². The van der Waals surface area contributed by atoms with Crippen LogP contribution in [0, 0.1) is 5.92 Å². The lowest BCUT2D eigenvalue weighted by Gasteiger charge is -2.23. The van der Waals surface area contributed by atoms with E-state index in [0.29, 0.717) is 0 Å². The van der Waals surface area contributed by atoms with Crippen LogP contribution in [0.1, 0.15) is 26.7 Å². The quantitative estimate of drug-likeness (QED) is 0.169. The average Bonchev–Trinajstić information content (AvgIpc) is 2.56. The van der Waals surface area contributed by atoms with Crippen molar-refractivity contribution in [2.45, 2.75) is 44.8 Å². The summed E-state index contributed by atoms with van der Waals surface area (Å²) < 4.78 is 0. The predicted octanol–water partition coefficient (Wildman–Crippen LogP) is -4.11. The molecule has 3 atom stereocenters. The summed E-state index contributed by atoms with van der Waals surface area (Å²) in [4.78, 5) is 69.4. The molecule has 0 aromatic rings. The molecule has 0 fully saturated rings. The van der Waals surface area contributed by atoms with Gasteiger partial charge in [0, 0.05) is 0 Å². The minimum atomic E-state index is -1.52. The highest BCUT2D eigenvalue weighted by atomic mass is 16.4. The highest BCUT2D eigenvalue weighted by Crippen LogP contribution is 2.02. The maximum Gasteiger partial charge on any atom is 0.322 e. The van der Waals surface area contributed by atoms with Gasteiger partial charge in [-0.15, -0.1) is 0 Å². The molecule has 0 aromatic heterocycles. The largest absolute Gasteiger partial charge is 0.480 e. The van der Waals surface area contributed by atoms with Gasteiger partial charge in [0.1, 0.15) is 18.6 Å². The molecule has 0 saturated carbocycles. The second kappa shape index (κ2) is 11.5. The van der Waals surface area contributed by atoms with Crippen LogP contribution in [0.2, 0.25) is 0 Å². The first-order valence-corrected chi connectivity index (χ1v) is 8.27. The Kier molecular flexibility index (Phi) is 10.2. The number of nitrogens with two attached hydrogens (primary N) is 3. The van der Waals surface area contributed by atoms with E-state index >= 15 is 0 Å². The van der Waals surface area contributed by atoms with Crippen molar-refractivity contribution in [3.8, 4) is 0 Å². The Morgan fingerprint density at radius 2 is 1.25 bits per heavy atom. The van der Waals surface area contributed by atoms with E-state index in [0.717, 1.165) is 0 Å². The lowest BCUT2D eigenvalue weighted by Crippen LogP contribution is -2.57. The molecule has 0 aromatic carbocycles. The maximum atomic E-state index is 12.4. The SMILES string of the molecule is CC(C)C(N)C(=O)NC(CC(N)=O)C(=O)NC(CC(N)=O)C(=O)NCC(=O)O. The van der Waals surface area contributed by atoms with Crippen molar-refractivity contribution in [3.05, 3.63) is 0 Å². The number of rotatable bonds is 12. The van der Waals surface area contributed by atoms with E-state index in [1.807, 2.05) is 5.32 Å². The zero-order valence-electron chi connectivity index (χ0n) is 15.6. The summed E-state index contributed by atoms with van der Waals surface area (Å²) in [5, 5.41) is 15.0. The first-order chi connectivity index (χ1) is 12.8. The van der Waals surface area contributed by atoms with Crippen molar-refractivity contribution < 1.29 is 33.9 Å². The van der Waals surface area contributed by atoms with E-state index in [9.17, 15) is 28.8 Å². The van der Waals surface area contributed by atoms with E-state index in [2.05, 4.69) is 10.6 Å². The number of hydrogen-bond donors (Lipinski definition) is 7. The predicted molar refractivity (Wildman–Crippen MR) is 94.9 cm³/mol. The molecule has 0 bridgehead atoms. The number of nitrogens with one attached hydrogen (secondary N) is 3. The van der Waals surface area contributed by atoms with Crippen molar-refractivity contribution in [1.29, 1.82) is 0 Å². The summed E-state index contributed by atoms with van der Waals surface area (Å²) in [6, 6.07) is -3.95. The first-order valence-electron chi connectivity index (χ1n) is 8.27. The van der Waals surface area contributed by atoms with Crippen LogP contribution < -0.4 is 33.2 Å². The minimum Gasteiger partial charge on any atom is -0.480 e. The Balaban J connectivity index is 5.30. The van der Waals surface area contributed by atoms with Crippen LogP contribution in [0.5, 0.6) is 0 Å². The number of primary amides is 2. The van der Waals surface area contributed by atoms with Crippen LogP contribution in [0.4, 0.5) is 0 Å². The minimum absolute atomic E-state index is 0.262. The van der Waals surface area contributed by atoms with Crippen LogP contribution in [-0.2, 0) is 28.8 Å². The number of amides is 5. The van der Waals surface area contributed by atoms with Gasteiger partial charge in [-0.25, -0.2) is 0 Å². The lowest BCUT2D eigenvalue weighted by molar-refractivity contribution is -0.139. The fourth-order valence-electron chi connectivity index (χ4n) is 1.95. The summed E-state index contributed by atoms with van der Waals surface area (Å²) >= 11 is 0. The van der Waals surface area contributed by atoms with Gasteiger partial charge in [-0.2, -0.15) is 0 Å². The van der Waals surface area contributed by atoms with E-state index in [1.54, 1.807) is 13.8 Å². The number of carboxylic acids is 1. The number of aliphatic carboxylic acids is 1. The molecule has 28 heavy (non-hydrogen) atoms. The van der Waals surface area contributed by atoms with Gasteiger partial charge in [-0.1, -0.05) is 13.8 Å². The van der Waals surface area contributed by atoms with Gasteiger partial charge in [-0.3, -0.25) is 28.8 Å². The molecule has 0 saturated heterocycles. The van der Waals surface area contributed by atoms with Crippen molar-refractivity contribution in [1.82, 2.24) is 16.0 Å². The molecule has 13 nitrogen and oxygen atoms in total. The molecule has 0 heterocycles. The molecule has 0 spiro atoms. The first kappa shape index (κ1) is 24.8. The molecule has 158 valence electrons. The number of carbonyl (C=O) groups excluding carboxylic acids is 5. The summed E-state index contributed by atoms with van der Waals surface area (Å²) in [7, 11) is 0. The summed E-state index contributed by atoms with van der Waals surface area (Å²) in [6.45, 7) is 2.58. The number of hydrogen-bond acceptors (Lipinski definition) is 7. The highest BCUT2D eigenvalue weighted by Gasteiger charge is 2.30. The van der Waals surface area contributed by atoms with Gasteiger partial charge >= 0.3 is 5.97 Å². The Morgan fingerprint density at radius 1 is 0.821 bits per heavy atom. The van der Waals surface area contributed by atoms with Crippen LogP contribution in [0.25, 0.3) is 0 Å². The van der Waals surface area contributed by atoms with Gasteiger partial charge in [0.05, 0.1) is 18.9 Å². The van der Waals surface area contributed by atoms with Crippen LogP contribution in [0.15, 0.2) is 0 Å². The second-order valence-corrected chi connectivity index (χ2v) is 6.34. The molecule has 10 N–H and O–H groups in total. The third kappa shape index (κ3) is 9.47. The van der Waals surface area contributed by atoms with Gasteiger partial charge < -0.3 is 38.3 Å². The number of carboxylic acid groups (broad SMARTS) is 1. The van der Waals surface area contributed by atoms with Gasteiger partial charge in [0.2, 0.25) is 29.5 Å².